The molecule has 2 heterocycles. The van der Waals surface area contributed by atoms with Crippen LogP contribution in [0, 0.1) is 6.92 Å². The highest BCUT2D eigenvalue weighted by molar-refractivity contribution is 5.89. The van der Waals surface area contributed by atoms with Crippen LogP contribution in [-0.2, 0) is 11.2 Å². The Balaban J connectivity index is 2.00. The minimum Gasteiger partial charge on any atom is -0.359 e. The van der Waals surface area contributed by atoms with Crippen LogP contribution in [0.2, 0.25) is 0 Å². The minimum atomic E-state index is 0.0450. The maximum Gasteiger partial charge on any atom is 0.245 e. The van der Waals surface area contributed by atoms with Gasteiger partial charge in [0.1, 0.15) is 6.04 Å². The predicted molar refractivity (Wildman–Crippen MR) is 72.9 cm³/mol. The van der Waals surface area contributed by atoms with Gasteiger partial charge in [0, 0.05) is 31.7 Å². The Bertz CT molecular complexity index is 483. The van der Waals surface area contributed by atoms with Crippen molar-refractivity contribution in [2.24, 2.45) is 0 Å². The van der Waals surface area contributed by atoms with E-state index in [-0.39, 0.29) is 6.04 Å². The molecule has 0 saturated carbocycles. The number of rotatable bonds is 1. The van der Waals surface area contributed by atoms with Crippen molar-refractivity contribution in [2.45, 2.75) is 32.7 Å². The van der Waals surface area contributed by atoms with Gasteiger partial charge in [-0.05, 0) is 31.4 Å². The quantitative estimate of drug-likeness (QED) is 0.754. The molecule has 0 N–H and O–H groups in total. The third kappa shape index (κ3) is 1.61. The largest absolute Gasteiger partial charge is 0.359 e. The van der Waals surface area contributed by atoms with Crippen molar-refractivity contribution in [1.82, 2.24) is 4.90 Å². The molecule has 18 heavy (non-hydrogen) atoms. The Labute approximate surface area is 108 Å². The summed E-state index contributed by atoms with van der Waals surface area (Å²) in [7, 11) is 0. The highest BCUT2D eigenvalue weighted by Gasteiger charge is 2.38. The summed E-state index contributed by atoms with van der Waals surface area (Å²) in [6, 6.07) is 6.46. The van der Waals surface area contributed by atoms with E-state index in [1.807, 2.05) is 4.90 Å². The van der Waals surface area contributed by atoms with Crippen molar-refractivity contribution in [3.63, 3.8) is 0 Å². The third-order valence-electron chi connectivity index (χ3n) is 4.20. The van der Waals surface area contributed by atoms with Crippen LogP contribution in [0.5, 0.6) is 0 Å². The summed E-state index contributed by atoms with van der Waals surface area (Å²) < 4.78 is 0. The summed E-state index contributed by atoms with van der Waals surface area (Å²) >= 11 is 0. The lowest BCUT2D eigenvalue weighted by Crippen LogP contribution is -2.44. The summed E-state index contributed by atoms with van der Waals surface area (Å²) in [4.78, 5) is 16.9. The minimum absolute atomic E-state index is 0.0450. The molecule has 1 fully saturated rings. The second-order valence-corrected chi connectivity index (χ2v) is 5.27. The molecule has 3 rings (SSSR count). The maximum atomic E-state index is 12.5. The number of carbonyl (C=O) groups excluding carboxylic acids is 1. The van der Waals surface area contributed by atoms with E-state index in [1.54, 1.807) is 0 Å². The fourth-order valence-electron chi connectivity index (χ4n) is 3.32. The number of nitrogens with zero attached hydrogens (tertiary/aromatic N) is 2. The number of aryl methyl sites for hydroxylation is 1. The molecule has 0 bridgehead atoms. The van der Waals surface area contributed by atoms with Gasteiger partial charge < -0.3 is 9.80 Å². The second kappa shape index (κ2) is 4.30. The number of hydrogen-bond acceptors (Lipinski definition) is 2. The molecule has 0 aromatic heterocycles. The van der Waals surface area contributed by atoms with Gasteiger partial charge in [0.2, 0.25) is 5.91 Å². The molecule has 0 aliphatic carbocycles. The summed E-state index contributed by atoms with van der Waals surface area (Å²) in [5.41, 5.74) is 3.95. The zero-order valence-corrected chi connectivity index (χ0v) is 11.1. The average Bonchev–Trinajstić information content (AvgIpc) is 2.67. The third-order valence-corrected chi connectivity index (χ3v) is 4.20. The van der Waals surface area contributed by atoms with Gasteiger partial charge in [0.25, 0.3) is 0 Å². The van der Waals surface area contributed by atoms with Gasteiger partial charge in [-0.3, -0.25) is 4.79 Å². The molecule has 2 aliphatic heterocycles. The number of likely N-dealkylation sites (N-methyl/N-ethyl adjacent to an activating group) is 1. The van der Waals surface area contributed by atoms with Crippen molar-refractivity contribution in [3.8, 4) is 0 Å². The van der Waals surface area contributed by atoms with Gasteiger partial charge in [0.05, 0.1) is 0 Å². The summed E-state index contributed by atoms with van der Waals surface area (Å²) in [6.45, 7) is 6.96. The standard InChI is InChI=1S/C15H20N2O/c1-3-16-8-5-9-17-13(15(16)18)10-12-7-4-6-11(2)14(12)17/h4,6-7,13H,3,5,8-10H2,1-2H3. The number of benzene rings is 1. The van der Waals surface area contributed by atoms with Crippen LogP contribution in [0.15, 0.2) is 18.2 Å². The van der Waals surface area contributed by atoms with E-state index in [4.69, 9.17) is 0 Å². The topological polar surface area (TPSA) is 23.6 Å². The molecule has 1 atom stereocenters. The van der Waals surface area contributed by atoms with Crippen molar-refractivity contribution >= 4 is 11.6 Å². The molecule has 1 unspecified atom stereocenters. The Morgan fingerprint density at radius 2 is 2.17 bits per heavy atom. The van der Waals surface area contributed by atoms with Crippen molar-refractivity contribution in [2.75, 3.05) is 24.5 Å². The van der Waals surface area contributed by atoms with E-state index in [0.29, 0.717) is 5.91 Å². The number of hydrogen-bond donors (Lipinski definition) is 0. The number of anilines is 1. The van der Waals surface area contributed by atoms with Gasteiger partial charge in [-0.2, -0.15) is 0 Å². The van der Waals surface area contributed by atoms with E-state index < -0.39 is 0 Å². The van der Waals surface area contributed by atoms with Crippen LogP contribution in [0.3, 0.4) is 0 Å². The fourth-order valence-corrected chi connectivity index (χ4v) is 3.32. The van der Waals surface area contributed by atoms with E-state index >= 15 is 0 Å². The van der Waals surface area contributed by atoms with E-state index in [9.17, 15) is 4.79 Å². The predicted octanol–water partition coefficient (Wildman–Crippen LogP) is 1.98. The molecular formula is C15H20N2O. The lowest BCUT2D eigenvalue weighted by molar-refractivity contribution is -0.131. The van der Waals surface area contributed by atoms with Gasteiger partial charge >= 0.3 is 0 Å². The first-order chi connectivity index (χ1) is 8.72. The van der Waals surface area contributed by atoms with Crippen molar-refractivity contribution in [3.05, 3.63) is 29.3 Å². The summed E-state index contributed by atoms with van der Waals surface area (Å²) in [5.74, 6) is 0.311. The molecule has 0 radical (unpaired) electrons. The van der Waals surface area contributed by atoms with Gasteiger partial charge in [-0.1, -0.05) is 18.2 Å². The molecule has 1 amide bonds. The van der Waals surface area contributed by atoms with Gasteiger partial charge in [0.15, 0.2) is 0 Å². The number of carbonyl (C=O) groups is 1. The zero-order chi connectivity index (χ0) is 12.7. The first-order valence-electron chi connectivity index (χ1n) is 6.86. The van der Waals surface area contributed by atoms with Crippen molar-refractivity contribution in [1.29, 1.82) is 0 Å². The van der Waals surface area contributed by atoms with Crippen LogP contribution < -0.4 is 4.90 Å². The van der Waals surface area contributed by atoms with E-state index in [2.05, 4.69) is 36.9 Å². The lowest BCUT2D eigenvalue weighted by atomic mass is 10.1. The van der Waals surface area contributed by atoms with Crippen LogP contribution in [0.1, 0.15) is 24.5 Å². The smallest absolute Gasteiger partial charge is 0.245 e. The Kier molecular flexibility index (Phi) is 2.77. The summed E-state index contributed by atoms with van der Waals surface area (Å²) in [6.07, 6.45) is 1.95. The SMILES string of the molecule is CCN1CCCN2c3c(C)cccc3CC2C1=O. The molecule has 1 aromatic rings. The molecule has 1 saturated heterocycles. The number of fused-ring (bicyclic) bond motifs is 3. The molecule has 3 nitrogen and oxygen atoms in total. The van der Waals surface area contributed by atoms with Crippen LogP contribution in [0.25, 0.3) is 0 Å². The van der Waals surface area contributed by atoms with E-state index in [1.165, 1.54) is 16.8 Å². The fraction of sp³-hybridized carbons (Fsp3) is 0.533. The Morgan fingerprint density at radius 3 is 2.94 bits per heavy atom. The monoisotopic (exact) mass is 244 g/mol. The molecule has 0 spiro atoms. The molecule has 96 valence electrons. The Hall–Kier alpha value is -1.51. The van der Waals surface area contributed by atoms with Crippen LogP contribution >= 0.6 is 0 Å². The number of para-hydroxylation sites is 1. The lowest BCUT2D eigenvalue weighted by Gasteiger charge is -2.26. The first-order valence-corrected chi connectivity index (χ1v) is 6.86. The highest BCUT2D eigenvalue weighted by Crippen LogP contribution is 2.36. The van der Waals surface area contributed by atoms with Crippen molar-refractivity contribution < 1.29 is 4.79 Å². The van der Waals surface area contributed by atoms with Crippen LogP contribution in [0.4, 0.5) is 5.69 Å². The number of amides is 1. The van der Waals surface area contributed by atoms with Gasteiger partial charge in [-0.15, -0.1) is 0 Å². The highest BCUT2D eigenvalue weighted by atomic mass is 16.2. The maximum absolute atomic E-state index is 12.5. The Morgan fingerprint density at radius 1 is 1.33 bits per heavy atom. The van der Waals surface area contributed by atoms with E-state index in [0.717, 1.165) is 32.5 Å². The molecule has 1 aromatic carbocycles. The normalized spacial score (nSPS) is 22.8. The second-order valence-electron chi connectivity index (χ2n) is 5.27. The molecular weight excluding hydrogens is 224 g/mol. The summed E-state index contributed by atoms with van der Waals surface area (Å²) in [5, 5.41) is 0. The van der Waals surface area contributed by atoms with Crippen LogP contribution in [-0.4, -0.2) is 36.5 Å². The molecule has 2 aliphatic rings. The average molecular weight is 244 g/mol. The zero-order valence-electron chi connectivity index (χ0n) is 11.1. The molecule has 3 heteroatoms. The first kappa shape index (κ1) is 11.6. The van der Waals surface area contributed by atoms with Gasteiger partial charge in [-0.25, -0.2) is 0 Å².